The third-order valence-corrected chi connectivity index (χ3v) is 13.7. The zero-order valence-electron chi connectivity index (χ0n) is 47.3. The second-order valence-electron chi connectivity index (χ2n) is 17.5. The molecule has 9 aromatic rings. The number of hydrogen-bond acceptors (Lipinski definition) is 4. The third-order valence-electron chi connectivity index (χ3n) is 11.7. The number of nitrogens with zero attached hydrogens (tertiary/aromatic N) is 4. The smallest absolute Gasteiger partial charge is 0.216 e. The maximum Gasteiger partial charge on any atom is 0.216 e. The molecule has 4 heterocycles. The summed E-state index contributed by atoms with van der Waals surface area (Å²) in [4.78, 5) is 14.2. The van der Waals surface area contributed by atoms with Crippen molar-refractivity contribution in [2.24, 2.45) is 5.92 Å². The Balaban J connectivity index is 0.000000217. The molecule has 5 aromatic carbocycles. The number of furan rings is 1. The second-order valence-corrected chi connectivity index (χ2v) is 22.6. The molecule has 1 saturated carbocycles. The van der Waals surface area contributed by atoms with E-state index in [-0.39, 0.29) is 42.7 Å². The fourth-order valence-electron chi connectivity index (χ4n) is 9.02. The molecule has 63 heavy (non-hydrogen) atoms. The number of benzene rings is 5. The van der Waals surface area contributed by atoms with Crippen molar-refractivity contribution in [1.29, 1.82) is 0 Å². The van der Waals surface area contributed by atoms with Crippen molar-refractivity contribution in [2.45, 2.75) is 93.0 Å². The second kappa shape index (κ2) is 18.0. The van der Waals surface area contributed by atoms with E-state index in [4.69, 9.17) is 24.5 Å². The summed E-state index contributed by atoms with van der Waals surface area (Å²) in [5, 5.41) is 2.42. The van der Waals surface area contributed by atoms with E-state index < -0.39 is 35.0 Å². The van der Waals surface area contributed by atoms with Crippen LogP contribution in [0.15, 0.2) is 114 Å². The summed E-state index contributed by atoms with van der Waals surface area (Å²) in [6.45, 7) is 5.72. The van der Waals surface area contributed by atoms with Gasteiger partial charge in [0, 0.05) is 58.7 Å². The molecule has 7 heteroatoms. The van der Waals surface area contributed by atoms with Crippen LogP contribution in [0.5, 0.6) is 0 Å². The Morgan fingerprint density at radius 2 is 1.54 bits per heavy atom. The van der Waals surface area contributed by atoms with Gasteiger partial charge in [-0.3, -0.25) is 4.98 Å². The molecule has 1 aliphatic rings. The van der Waals surface area contributed by atoms with Crippen LogP contribution in [0.25, 0.3) is 72.6 Å². The molecule has 10 rings (SSSR count). The summed E-state index contributed by atoms with van der Waals surface area (Å²) < 4.78 is 97.5. The molecule has 321 valence electrons. The van der Waals surface area contributed by atoms with Gasteiger partial charge in [0.1, 0.15) is 0 Å². The average Bonchev–Trinajstić information content (AvgIpc) is 4.09. The summed E-state index contributed by atoms with van der Waals surface area (Å²) in [6, 6.07) is 35.1. The molecule has 1 radical (unpaired) electrons. The molecule has 0 unspecified atom stereocenters. The number of rotatable bonds is 7. The van der Waals surface area contributed by atoms with Crippen LogP contribution in [-0.4, -0.2) is 27.6 Å². The van der Waals surface area contributed by atoms with Crippen LogP contribution in [0.4, 0.5) is 0 Å². The molecule has 1 aliphatic carbocycles. The van der Waals surface area contributed by atoms with Gasteiger partial charge in [-0.2, -0.15) is 0 Å². The van der Waals surface area contributed by atoms with Gasteiger partial charge in [-0.25, -0.2) is 4.98 Å². The summed E-state index contributed by atoms with van der Waals surface area (Å²) in [6.07, 6.45) is 5.98. The quantitative estimate of drug-likeness (QED) is 0.118. The molecule has 0 saturated heterocycles. The normalized spacial score (nSPS) is 16.5. The Morgan fingerprint density at radius 1 is 0.810 bits per heavy atom. The van der Waals surface area contributed by atoms with E-state index in [0.29, 0.717) is 50.5 Å². The largest absolute Gasteiger partial charge is 0.486 e. The summed E-state index contributed by atoms with van der Waals surface area (Å²) in [5.41, 5.74) is 10.8. The Morgan fingerprint density at radius 3 is 2.27 bits per heavy atom. The van der Waals surface area contributed by atoms with Gasteiger partial charge in [-0.15, -0.1) is 53.6 Å². The van der Waals surface area contributed by atoms with Crippen molar-refractivity contribution in [2.75, 3.05) is 0 Å². The minimum atomic E-state index is -2.49. The fraction of sp³-hybridized carbons (Fsp3) is 0.268. The van der Waals surface area contributed by atoms with Crippen LogP contribution in [-0.2, 0) is 26.5 Å². The van der Waals surface area contributed by atoms with E-state index in [0.717, 1.165) is 69.7 Å². The van der Waals surface area contributed by atoms with E-state index in [1.54, 1.807) is 30.5 Å². The number of imidazole rings is 1. The van der Waals surface area contributed by atoms with Gasteiger partial charge < -0.3 is 14.0 Å². The molecular formula is C56H56IrN4OSi-2. The van der Waals surface area contributed by atoms with E-state index >= 15 is 0 Å². The Bertz CT molecular complexity index is 3510. The zero-order valence-corrected chi connectivity index (χ0v) is 39.7. The molecule has 0 aliphatic heterocycles. The van der Waals surface area contributed by atoms with Gasteiger partial charge in [0.15, 0.2) is 0 Å². The fourth-order valence-corrected chi connectivity index (χ4v) is 10.4. The number of hydrogen-bond donors (Lipinski definition) is 0. The number of aryl methyl sites for hydroxylation is 6. The standard InChI is InChI=1S/C35H28N3O.C21H28NSi.Ir/c1-20-15-21(2)19-25(18-20)26-13-14-36-35-31(26)27-9-8-10-28(33(27)39-35)34-37-29-11-6-7-12-30(29)38(34)32-23(4)16-22(3)17-24(32)5;1-16-8-7-11-18(12-16)20-14-19(13-17-9-5-6-10-17)21(15-22-20)23(2,3)4;/h6-9,11-19H,1-5H3;7-8,12,14-15,17H,5-6,9-10,13H2,1-4H3;/q2*-1;/i1D3,2D3;1D3,13D2;. The third kappa shape index (κ3) is 8.89. The molecule has 0 N–H and O–H groups in total. The van der Waals surface area contributed by atoms with Gasteiger partial charge >= 0.3 is 0 Å². The minimum absolute atomic E-state index is 0. The van der Waals surface area contributed by atoms with Crippen molar-refractivity contribution >= 4 is 46.4 Å². The predicted molar refractivity (Wildman–Crippen MR) is 261 cm³/mol. The Kier molecular flexibility index (Phi) is 9.19. The van der Waals surface area contributed by atoms with Crippen molar-refractivity contribution < 1.29 is 39.6 Å². The van der Waals surface area contributed by atoms with Crippen LogP contribution < -0.4 is 5.19 Å². The Labute approximate surface area is 402 Å². The number of para-hydroxylation sites is 2. The summed E-state index contributed by atoms with van der Waals surface area (Å²) in [5.74, 6) is 0.682. The van der Waals surface area contributed by atoms with E-state index in [9.17, 15) is 0 Å². The number of aromatic nitrogens is 4. The maximum atomic E-state index is 8.95. The van der Waals surface area contributed by atoms with E-state index in [1.807, 2.05) is 48.7 Å². The van der Waals surface area contributed by atoms with Gasteiger partial charge in [-0.1, -0.05) is 134 Å². The van der Waals surface area contributed by atoms with Crippen LogP contribution in [0, 0.1) is 59.4 Å². The number of pyridine rings is 2. The first-order chi connectivity index (χ1) is 34.2. The molecule has 0 bridgehead atoms. The first-order valence-corrected chi connectivity index (χ1v) is 24.7. The van der Waals surface area contributed by atoms with Crippen molar-refractivity contribution in [3.63, 3.8) is 0 Å². The molecule has 0 spiro atoms. The van der Waals surface area contributed by atoms with Gasteiger partial charge in [0.05, 0.1) is 30.5 Å². The SMILES string of the molecule is [2H]C([2H])([2H])c1cc(-c2ccnc3oc4c(-c5nc6ccccc6n5-c5c(C)cc(C)cc5C)[c-]ccc4c23)cc(C([2H])([2H])[2H])c1.[2H]C([2H])([2H])c1cc[c-]c(-c2cc(C([2H])([2H])C3CCCC3)c([Si](C)(C)C)cn2)c1.[Ir]. The van der Waals surface area contributed by atoms with Crippen LogP contribution in [0.1, 0.15) is 79.7 Å². The van der Waals surface area contributed by atoms with Crippen molar-refractivity contribution in [3.05, 3.63) is 161 Å². The van der Waals surface area contributed by atoms with Crippen LogP contribution in [0.3, 0.4) is 0 Å². The minimum Gasteiger partial charge on any atom is -0.486 e. The van der Waals surface area contributed by atoms with E-state index in [1.165, 1.54) is 23.8 Å². The number of fused-ring (bicyclic) bond motifs is 4. The summed E-state index contributed by atoms with van der Waals surface area (Å²) >= 11 is 0. The molecule has 0 amide bonds. The topological polar surface area (TPSA) is 56.7 Å². The van der Waals surface area contributed by atoms with Crippen LogP contribution in [0.2, 0.25) is 19.6 Å². The monoisotopic (exact) mass is 1030 g/mol. The first-order valence-electron chi connectivity index (χ1n) is 26.7. The van der Waals surface area contributed by atoms with Gasteiger partial charge in [0.25, 0.3) is 0 Å². The molecule has 0 atom stereocenters. The Hall–Kier alpha value is -5.46. The summed E-state index contributed by atoms with van der Waals surface area (Å²) in [7, 11) is -1.81. The zero-order chi connectivity index (χ0) is 52.6. The molecule has 1 fully saturated rings. The van der Waals surface area contributed by atoms with Gasteiger partial charge in [0.2, 0.25) is 5.71 Å². The van der Waals surface area contributed by atoms with Crippen molar-refractivity contribution in [1.82, 2.24) is 19.5 Å². The van der Waals surface area contributed by atoms with Gasteiger partial charge in [-0.05, 0) is 98.1 Å². The molecule has 5 nitrogen and oxygen atoms in total. The first kappa shape index (κ1) is 32.2. The molecular weight excluding hydrogens is 965 g/mol. The predicted octanol–water partition coefficient (Wildman–Crippen LogP) is 14.1. The van der Waals surface area contributed by atoms with E-state index in [2.05, 4.69) is 79.2 Å². The van der Waals surface area contributed by atoms with Crippen molar-refractivity contribution in [3.8, 4) is 39.5 Å². The maximum absolute atomic E-state index is 8.95. The van der Waals surface area contributed by atoms with Crippen LogP contribution >= 0.6 is 0 Å². The average molecular weight is 1030 g/mol. The molecule has 4 aromatic heterocycles.